The fraction of sp³-hybridized carbons (Fsp3) is 0.444. The molecule has 1 aromatic carbocycles. The van der Waals surface area contributed by atoms with Crippen LogP contribution in [0.15, 0.2) is 34.9 Å². The van der Waals surface area contributed by atoms with Crippen LogP contribution in [0.1, 0.15) is 39.2 Å². The zero-order valence-corrected chi connectivity index (χ0v) is 16.8. The first kappa shape index (κ1) is 23.3. The lowest BCUT2D eigenvalue weighted by molar-refractivity contribution is -0.386. The molecule has 0 saturated heterocycles. The second-order valence-corrected chi connectivity index (χ2v) is 8.19. The summed E-state index contributed by atoms with van der Waals surface area (Å²) < 4.78 is 28.9. The normalized spacial score (nSPS) is 15.2. The van der Waals surface area contributed by atoms with E-state index in [1.54, 1.807) is 19.9 Å². The van der Waals surface area contributed by atoms with Crippen LogP contribution in [0.3, 0.4) is 0 Å². The molecule has 2 atom stereocenters. The molecule has 2 unspecified atom stereocenters. The number of nitrogens with zero attached hydrogens (tertiary/aromatic N) is 2. The van der Waals surface area contributed by atoms with Gasteiger partial charge in [-0.05, 0) is 25.5 Å². The highest BCUT2D eigenvalue weighted by atomic mass is 32.2. The second kappa shape index (κ2) is 8.95. The molecule has 0 aliphatic heterocycles. The summed E-state index contributed by atoms with van der Waals surface area (Å²) in [5.41, 5.74) is -3.56. The molecule has 152 valence electrons. The van der Waals surface area contributed by atoms with E-state index in [2.05, 4.69) is 0 Å². The lowest BCUT2D eigenvalue weighted by atomic mass is 9.86. The minimum absolute atomic E-state index is 0.0839. The van der Waals surface area contributed by atoms with E-state index < -0.39 is 37.7 Å². The summed E-state index contributed by atoms with van der Waals surface area (Å²) in [7, 11) is -3.74. The fourth-order valence-corrected chi connectivity index (χ4v) is 3.21. The molecular weight excluding hydrogens is 388 g/mol. The van der Waals surface area contributed by atoms with Crippen LogP contribution >= 0.6 is 0 Å². The number of aliphatic hydroxyl groups is 1. The van der Waals surface area contributed by atoms with Crippen molar-refractivity contribution in [3.63, 3.8) is 0 Å². The van der Waals surface area contributed by atoms with Gasteiger partial charge in [-0.15, -0.1) is 0 Å². The van der Waals surface area contributed by atoms with Crippen LogP contribution in [-0.4, -0.2) is 36.6 Å². The van der Waals surface area contributed by atoms with Crippen molar-refractivity contribution in [3.05, 3.63) is 45.7 Å². The predicted octanol–water partition coefficient (Wildman–Crippen LogP) is 2.39. The van der Waals surface area contributed by atoms with Crippen molar-refractivity contribution in [3.8, 4) is 6.07 Å². The fourth-order valence-electron chi connectivity index (χ4n) is 2.57. The topological polar surface area (TPSA) is 148 Å². The Morgan fingerprint density at radius 1 is 1.46 bits per heavy atom. The number of carbonyl (C=O) groups is 1. The van der Waals surface area contributed by atoms with Crippen molar-refractivity contribution in [1.29, 1.82) is 5.26 Å². The average molecular weight is 410 g/mol. The lowest BCUT2D eigenvalue weighted by Crippen LogP contribution is -2.40. The molecule has 0 aromatic heterocycles. The number of nitro groups is 1. The molecule has 0 amide bonds. The van der Waals surface area contributed by atoms with Gasteiger partial charge in [0.25, 0.3) is 5.69 Å². The van der Waals surface area contributed by atoms with E-state index in [1.165, 1.54) is 13.0 Å². The van der Waals surface area contributed by atoms with E-state index in [0.717, 1.165) is 24.5 Å². The summed E-state index contributed by atoms with van der Waals surface area (Å²) in [4.78, 5) is 21.8. The molecular formula is C18H22N2O7S. The van der Waals surface area contributed by atoms with Crippen LogP contribution < -0.4 is 0 Å². The SMILES string of the molecule is CCC(=O)/C=C(\C)OC(CC)C(O)(C#N)c1ccc(S(C)(=O)=O)cc1[N+](=O)[O-]. The Kier molecular flexibility index (Phi) is 7.43. The van der Waals surface area contributed by atoms with Crippen molar-refractivity contribution in [2.45, 2.75) is 50.2 Å². The highest BCUT2D eigenvalue weighted by molar-refractivity contribution is 7.90. The number of hydrogen-bond acceptors (Lipinski definition) is 8. The van der Waals surface area contributed by atoms with Crippen LogP contribution in [-0.2, 0) is 25.0 Å². The van der Waals surface area contributed by atoms with Crippen LogP contribution in [0.5, 0.6) is 0 Å². The minimum atomic E-state index is -3.74. The van der Waals surface area contributed by atoms with Gasteiger partial charge in [-0.25, -0.2) is 8.42 Å². The third-order valence-corrected chi connectivity index (χ3v) is 5.16. The monoisotopic (exact) mass is 410 g/mol. The third kappa shape index (κ3) is 5.15. The molecule has 0 saturated carbocycles. The Bertz CT molecular complexity index is 947. The molecule has 28 heavy (non-hydrogen) atoms. The molecule has 0 aliphatic rings. The highest BCUT2D eigenvalue weighted by Crippen LogP contribution is 2.37. The molecule has 9 nitrogen and oxygen atoms in total. The van der Waals surface area contributed by atoms with Gasteiger partial charge in [-0.1, -0.05) is 13.8 Å². The van der Waals surface area contributed by atoms with Crippen LogP contribution in [0.4, 0.5) is 5.69 Å². The van der Waals surface area contributed by atoms with E-state index in [4.69, 9.17) is 4.74 Å². The summed E-state index contributed by atoms with van der Waals surface area (Å²) in [6.45, 7) is 4.72. The first-order valence-electron chi connectivity index (χ1n) is 8.41. The molecule has 0 spiro atoms. The maximum Gasteiger partial charge on any atom is 0.278 e. The number of rotatable bonds is 9. The van der Waals surface area contributed by atoms with Gasteiger partial charge in [0, 0.05) is 24.8 Å². The van der Waals surface area contributed by atoms with Gasteiger partial charge in [-0.2, -0.15) is 5.26 Å². The van der Waals surface area contributed by atoms with Crippen molar-refractivity contribution < 1.29 is 28.0 Å². The maximum absolute atomic E-state index is 11.7. The molecule has 0 radical (unpaired) electrons. The first-order chi connectivity index (χ1) is 12.9. The standard InChI is InChI=1S/C18H22N2O7S/c1-5-13(21)9-12(3)27-17(6-2)18(22,11-19)15-8-7-14(28(4,25)26)10-16(15)20(23)24/h7-10,17,22H,5-6H2,1-4H3/b12-9+. The Balaban J connectivity index is 3.54. The van der Waals surface area contributed by atoms with Crippen molar-refractivity contribution in [2.24, 2.45) is 0 Å². The van der Waals surface area contributed by atoms with Crippen LogP contribution in [0.2, 0.25) is 0 Å². The summed E-state index contributed by atoms with van der Waals surface area (Å²) >= 11 is 0. The summed E-state index contributed by atoms with van der Waals surface area (Å²) in [6.07, 6.45) is 1.18. The maximum atomic E-state index is 11.7. The summed E-state index contributed by atoms with van der Waals surface area (Å²) in [5.74, 6) is -0.0841. The van der Waals surface area contributed by atoms with Gasteiger partial charge in [-0.3, -0.25) is 14.9 Å². The molecule has 0 fully saturated rings. The number of sulfone groups is 1. The van der Waals surface area contributed by atoms with E-state index in [9.17, 15) is 33.7 Å². The molecule has 10 heteroatoms. The average Bonchev–Trinajstić information content (AvgIpc) is 2.63. The molecule has 0 aliphatic carbocycles. The van der Waals surface area contributed by atoms with Gasteiger partial charge < -0.3 is 9.84 Å². The minimum Gasteiger partial charge on any atom is -0.490 e. The van der Waals surface area contributed by atoms with E-state index in [1.807, 2.05) is 0 Å². The molecule has 1 N–H and O–H groups in total. The van der Waals surface area contributed by atoms with E-state index >= 15 is 0 Å². The van der Waals surface area contributed by atoms with Crippen molar-refractivity contribution in [2.75, 3.05) is 6.26 Å². The van der Waals surface area contributed by atoms with Gasteiger partial charge in [0.15, 0.2) is 15.6 Å². The van der Waals surface area contributed by atoms with Crippen LogP contribution in [0.25, 0.3) is 0 Å². The quantitative estimate of drug-likeness (QED) is 0.214. The smallest absolute Gasteiger partial charge is 0.278 e. The summed E-state index contributed by atoms with van der Waals surface area (Å²) in [5, 5.41) is 32.0. The lowest BCUT2D eigenvalue weighted by Gasteiger charge is -2.30. The van der Waals surface area contributed by atoms with Gasteiger partial charge in [0.1, 0.15) is 12.2 Å². The molecule has 0 bridgehead atoms. The number of hydrogen-bond donors (Lipinski definition) is 1. The van der Waals surface area contributed by atoms with Gasteiger partial charge >= 0.3 is 0 Å². The zero-order chi connectivity index (χ0) is 21.7. The van der Waals surface area contributed by atoms with Gasteiger partial charge in [0.05, 0.1) is 21.1 Å². The number of ketones is 1. The van der Waals surface area contributed by atoms with E-state index in [-0.39, 0.29) is 29.3 Å². The Morgan fingerprint density at radius 2 is 2.07 bits per heavy atom. The van der Waals surface area contributed by atoms with Crippen molar-refractivity contribution in [1.82, 2.24) is 0 Å². The van der Waals surface area contributed by atoms with E-state index in [0.29, 0.717) is 0 Å². The second-order valence-electron chi connectivity index (χ2n) is 6.18. The number of nitriles is 1. The highest BCUT2D eigenvalue weighted by Gasteiger charge is 2.45. The number of nitro benzene ring substituents is 1. The Hall–Kier alpha value is -2.77. The van der Waals surface area contributed by atoms with Crippen molar-refractivity contribution >= 4 is 21.3 Å². The third-order valence-electron chi connectivity index (χ3n) is 4.05. The largest absolute Gasteiger partial charge is 0.490 e. The molecule has 0 heterocycles. The number of allylic oxidation sites excluding steroid dienone is 2. The Labute approximate surface area is 163 Å². The van der Waals surface area contributed by atoms with Crippen LogP contribution in [0, 0.1) is 21.4 Å². The Morgan fingerprint density at radius 3 is 2.50 bits per heavy atom. The first-order valence-corrected chi connectivity index (χ1v) is 10.3. The zero-order valence-electron chi connectivity index (χ0n) is 16.0. The molecule has 1 aromatic rings. The number of benzene rings is 1. The van der Waals surface area contributed by atoms with Gasteiger partial charge in [0.2, 0.25) is 5.60 Å². The number of carbonyl (C=O) groups excluding carboxylic acids is 1. The molecule has 1 rings (SSSR count). The summed E-state index contributed by atoms with van der Waals surface area (Å²) in [6, 6.07) is 4.54. The number of ether oxygens (including phenoxy) is 1. The predicted molar refractivity (Wildman–Crippen MR) is 99.9 cm³/mol.